The molecular formula is C31H33FN6O. The number of aromatic amines is 1. The van der Waals surface area contributed by atoms with Gasteiger partial charge in [-0.3, -0.25) is 9.69 Å². The molecule has 0 saturated heterocycles. The lowest BCUT2D eigenvalue weighted by atomic mass is 9.99. The van der Waals surface area contributed by atoms with E-state index in [-0.39, 0.29) is 11.4 Å². The van der Waals surface area contributed by atoms with E-state index < -0.39 is 11.6 Å². The van der Waals surface area contributed by atoms with E-state index in [1.165, 1.54) is 17.7 Å². The van der Waals surface area contributed by atoms with Crippen LogP contribution in [-0.4, -0.2) is 36.6 Å². The second kappa shape index (κ2) is 10.9. The molecule has 0 aliphatic carbocycles. The summed E-state index contributed by atoms with van der Waals surface area (Å²) < 4.78 is 15.6. The number of hydrogen-bond acceptors (Lipinski definition) is 5. The van der Waals surface area contributed by atoms with E-state index in [1.54, 1.807) is 16.8 Å². The molecule has 5 aromatic rings. The number of halogens is 1. The van der Waals surface area contributed by atoms with E-state index in [4.69, 9.17) is 0 Å². The summed E-state index contributed by atoms with van der Waals surface area (Å²) >= 11 is 0. The van der Waals surface area contributed by atoms with Gasteiger partial charge in [0.25, 0.3) is 5.56 Å². The van der Waals surface area contributed by atoms with Gasteiger partial charge in [-0.2, -0.15) is 0 Å². The van der Waals surface area contributed by atoms with Crippen LogP contribution in [0.3, 0.4) is 0 Å². The van der Waals surface area contributed by atoms with Gasteiger partial charge < -0.3 is 4.98 Å². The molecule has 0 spiro atoms. The number of nitrogens with one attached hydrogen (secondary N) is 1. The molecule has 1 atom stereocenters. The lowest BCUT2D eigenvalue weighted by Gasteiger charge is -2.33. The molecule has 0 amide bonds. The van der Waals surface area contributed by atoms with Crippen LogP contribution in [0, 0.1) is 12.7 Å². The summed E-state index contributed by atoms with van der Waals surface area (Å²) in [5, 5.41) is 13.8. The Labute approximate surface area is 227 Å². The van der Waals surface area contributed by atoms with Gasteiger partial charge in [-0.1, -0.05) is 60.7 Å². The van der Waals surface area contributed by atoms with E-state index in [0.29, 0.717) is 24.5 Å². The third-order valence-corrected chi connectivity index (χ3v) is 6.98. The number of benzene rings is 3. The van der Waals surface area contributed by atoms with E-state index in [1.807, 2.05) is 70.2 Å². The van der Waals surface area contributed by atoms with E-state index in [0.717, 1.165) is 28.5 Å². The van der Waals surface area contributed by atoms with Crippen molar-refractivity contribution in [2.24, 2.45) is 0 Å². The standard InChI is InChI=1S/C31H33FN6O/c1-21-9-8-12-24-19-26(30(39)33-27(21)24)28(29-34-35-36-38(29)31(2,3)4)37(18-17-22-10-6-5-7-11-22)20-23-13-15-25(32)16-14-23/h5-16,19,28H,17-18,20H2,1-4H3,(H,33,39)/t28-/m0/s1. The van der Waals surface area contributed by atoms with Crippen LogP contribution in [0.25, 0.3) is 10.9 Å². The fourth-order valence-corrected chi connectivity index (χ4v) is 4.99. The summed E-state index contributed by atoms with van der Waals surface area (Å²) in [6.07, 6.45) is 0.750. The Balaban J connectivity index is 1.68. The predicted molar refractivity (Wildman–Crippen MR) is 151 cm³/mol. The summed E-state index contributed by atoms with van der Waals surface area (Å²) in [6, 6.07) is 24.1. The van der Waals surface area contributed by atoms with Crippen LogP contribution in [0.4, 0.5) is 4.39 Å². The number of H-pyrrole nitrogens is 1. The second-order valence-electron chi connectivity index (χ2n) is 10.9. The number of aryl methyl sites for hydroxylation is 1. The molecule has 8 heteroatoms. The van der Waals surface area contributed by atoms with Crippen LogP contribution in [0.15, 0.2) is 83.7 Å². The largest absolute Gasteiger partial charge is 0.321 e. The molecule has 0 aliphatic rings. The van der Waals surface area contributed by atoms with Crippen LogP contribution in [-0.2, 0) is 18.5 Å². The first-order valence-electron chi connectivity index (χ1n) is 13.1. The highest BCUT2D eigenvalue weighted by molar-refractivity contribution is 5.82. The van der Waals surface area contributed by atoms with Crippen LogP contribution < -0.4 is 5.56 Å². The third kappa shape index (κ3) is 5.81. The molecule has 0 fully saturated rings. The molecule has 1 N–H and O–H groups in total. The zero-order valence-corrected chi connectivity index (χ0v) is 22.7. The van der Waals surface area contributed by atoms with Gasteiger partial charge in [0.1, 0.15) is 11.9 Å². The minimum Gasteiger partial charge on any atom is -0.321 e. The normalized spacial score (nSPS) is 12.8. The Morgan fingerprint density at radius 2 is 1.72 bits per heavy atom. The molecule has 7 nitrogen and oxygen atoms in total. The maximum Gasteiger partial charge on any atom is 0.253 e. The van der Waals surface area contributed by atoms with E-state index >= 15 is 0 Å². The van der Waals surface area contributed by atoms with Gasteiger partial charge in [0.05, 0.1) is 11.1 Å². The Kier molecular flexibility index (Phi) is 7.39. The number of hydrogen-bond donors (Lipinski definition) is 1. The zero-order valence-electron chi connectivity index (χ0n) is 22.7. The fourth-order valence-electron chi connectivity index (χ4n) is 4.99. The SMILES string of the molecule is Cc1cccc2cc([C@@H](c3nnnn3C(C)(C)C)N(CCc3ccccc3)Cc3ccc(F)cc3)c(=O)[nH]c12. The highest BCUT2D eigenvalue weighted by Crippen LogP contribution is 2.31. The van der Waals surface area contributed by atoms with Crippen molar-refractivity contribution >= 4 is 10.9 Å². The highest BCUT2D eigenvalue weighted by Gasteiger charge is 2.33. The first-order chi connectivity index (χ1) is 18.7. The molecule has 200 valence electrons. The van der Waals surface area contributed by atoms with Gasteiger partial charge in [0.15, 0.2) is 5.82 Å². The summed E-state index contributed by atoms with van der Waals surface area (Å²) in [7, 11) is 0. The van der Waals surface area contributed by atoms with Gasteiger partial charge in [0.2, 0.25) is 0 Å². The van der Waals surface area contributed by atoms with Gasteiger partial charge in [-0.05, 0) is 84.8 Å². The molecule has 0 saturated carbocycles. The lowest BCUT2D eigenvalue weighted by molar-refractivity contribution is 0.195. The maximum atomic E-state index is 13.8. The van der Waals surface area contributed by atoms with Gasteiger partial charge in [-0.25, -0.2) is 9.07 Å². The molecule has 39 heavy (non-hydrogen) atoms. The fraction of sp³-hybridized carbons (Fsp3) is 0.290. The summed E-state index contributed by atoms with van der Waals surface area (Å²) in [5.41, 5.74) is 3.88. The maximum absolute atomic E-state index is 13.8. The quantitative estimate of drug-likeness (QED) is 0.288. The first-order valence-corrected chi connectivity index (χ1v) is 13.1. The van der Waals surface area contributed by atoms with Crippen LogP contribution in [0.1, 0.15) is 54.9 Å². The Morgan fingerprint density at radius 3 is 2.44 bits per heavy atom. The van der Waals surface area contributed by atoms with Gasteiger partial charge in [-0.15, -0.1) is 5.10 Å². The van der Waals surface area contributed by atoms with Crippen molar-refractivity contribution < 1.29 is 4.39 Å². The highest BCUT2D eigenvalue weighted by atomic mass is 19.1. The van der Waals surface area contributed by atoms with Crippen molar-refractivity contribution in [3.63, 3.8) is 0 Å². The van der Waals surface area contributed by atoms with Crippen LogP contribution >= 0.6 is 0 Å². The Hall–Kier alpha value is -4.17. The number of para-hydroxylation sites is 1. The van der Waals surface area contributed by atoms with Gasteiger partial charge >= 0.3 is 0 Å². The second-order valence-corrected chi connectivity index (χ2v) is 10.9. The minimum absolute atomic E-state index is 0.186. The van der Waals surface area contributed by atoms with Crippen molar-refractivity contribution in [3.8, 4) is 0 Å². The van der Waals surface area contributed by atoms with Crippen molar-refractivity contribution in [2.75, 3.05) is 6.54 Å². The average Bonchev–Trinajstić information content (AvgIpc) is 3.40. The third-order valence-electron chi connectivity index (χ3n) is 6.98. The van der Waals surface area contributed by atoms with Crippen molar-refractivity contribution in [1.82, 2.24) is 30.1 Å². The molecule has 0 radical (unpaired) electrons. The number of tetrazole rings is 1. The number of fused-ring (bicyclic) bond motifs is 1. The smallest absolute Gasteiger partial charge is 0.253 e. The van der Waals surface area contributed by atoms with Crippen molar-refractivity contribution in [2.45, 2.75) is 52.2 Å². The topological polar surface area (TPSA) is 79.7 Å². The molecule has 0 bridgehead atoms. The molecule has 2 heterocycles. The van der Waals surface area contributed by atoms with Crippen molar-refractivity contribution in [1.29, 1.82) is 0 Å². The zero-order chi connectivity index (χ0) is 27.6. The number of aromatic nitrogens is 5. The molecule has 3 aromatic carbocycles. The Bertz CT molecular complexity index is 1620. The number of pyridine rings is 1. The predicted octanol–water partition coefficient (Wildman–Crippen LogP) is 5.55. The first kappa shape index (κ1) is 26.4. The Morgan fingerprint density at radius 1 is 0.974 bits per heavy atom. The average molecular weight is 525 g/mol. The lowest BCUT2D eigenvalue weighted by Crippen LogP contribution is -2.38. The minimum atomic E-state index is -0.554. The van der Waals surface area contributed by atoms with Crippen LogP contribution in [0.5, 0.6) is 0 Å². The number of nitrogens with zero attached hydrogens (tertiary/aromatic N) is 5. The van der Waals surface area contributed by atoms with Crippen molar-refractivity contribution in [3.05, 3.63) is 123 Å². The monoisotopic (exact) mass is 524 g/mol. The summed E-state index contributed by atoms with van der Waals surface area (Å²) in [5.74, 6) is 0.291. The molecular weight excluding hydrogens is 491 g/mol. The van der Waals surface area contributed by atoms with E-state index in [9.17, 15) is 9.18 Å². The van der Waals surface area contributed by atoms with Crippen LogP contribution in [0.2, 0.25) is 0 Å². The van der Waals surface area contributed by atoms with E-state index in [2.05, 4.69) is 37.5 Å². The molecule has 5 rings (SSSR count). The summed E-state index contributed by atoms with van der Waals surface area (Å²) in [6.45, 7) is 9.18. The van der Waals surface area contributed by atoms with Gasteiger partial charge in [0, 0.05) is 18.7 Å². The summed E-state index contributed by atoms with van der Waals surface area (Å²) in [4.78, 5) is 19.1. The number of rotatable bonds is 8. The molecule has 2 aromatic heterocycles. The molecule has 0 aliphatic heterocycles. The molecule has 0 unspecified atom stereocenters.